The molecule has 1 aromatic rings. The van der Waals surface area contributed by atoms with Crippen molar-refractivity contribution in [2.75, 3.05) is 39.5 Å². The number of aromatic carboxylic acids is 1. The molecule has 0 saturated carbocycles. The Kier molecular flexibility index (Phi) is 16.3. The number of benzene rings is 1. The van der Waals surface area contributed by atoms with Crippen LogP contribution in [0.1, 0.15) is 10.4 Å². The van der Waals surface area contributed by atoms with Crippen LogP contribution in [0.25, 0.3) is 0 Å². The fraction of sp³-hybridized carbons (Fsp3) is 0.462. The van der Waals surface area contributed by atoms with Crippen LogP contribution in [0, 0.1) is 0 Å². The quantitative estimate of drug-likeness (QED) is 0.437. The molecule has 0 aliphatic heterocycles. The van der Waals surface area contributed by atoms with Gasteiger partial charge in [-0.1, -0.05) is 30.3 Å². The summed E-state index contributed by atoms with van der Waals surface area (Å²) in [6.07, 6.45) is 0. The van der Waals surface area contributed by atoms with Gasteiger partial charge in [0, 0.05) is 19.6 Å². The molecule has 0 saturated heterocycles. The van der Waals surface area contributed by atoms with Gasteiger partial charge in [0.05, 0.1) is 25.8 Å². The molecule has 0 radical (unpaired) electrons. The van der Waals surface area contributed by atoms with Crippen molar-refractivity contribution < 1.29 is 54.8 Å². The number of hydrogen-bond acceptors (Lipinski definition) is 6. The first kappa shape index (κ1) is 21.8. The second kappa shape index (κ2) is 14.9. The van der Waals surface area contributed by atoms with Crippen molar-refractivity contribution in [3.8, 4) is 0 Å². The van der Waals surface area contributed by atoms with Gasteiger partial charge in [-0.25, -0.2) is 0 Å². The molecule has 6 nitrogen and oxygen atoms in total. The first-order valence-electron chi connectivity index (χ1n) is 5.97. The molecule has 0 bridgehead atoms. The van der Waals surface area contributed by atoms with Crippen molar-refractivity contribution in [1.29, 1.82) is 0 Å². The average Bonchev–Trinajstić information content (AvgIpc) is 2.41. The normalized spacial score (nSPS) is 9.40. The summed E-state index contributed by atoms with van der Waals surface area (Å²) in [6.45, 7) is 1.75. The number of carbonyl (C=O) groups is 1. The Bertz CT molecular complexity index is 323. The molecule has 1 rings (SSSR count). The van der Waals surface area contributed by atoms with Gasteiger partial charge < -0.3 is 25.2 Å². The Morgan fingerprint density at radius 1 is 0.950 bits per heavy atom. The summed E-state index contributed by atoms with van der Waals surface area (Å²) in [5.74, 6) is -1.13. The van der Waals surface area contributed by atoms with E-state index in [-0.39, 0.29) is 54.9 Å². The maximum atomic E-state index is 10.1. The van der Waals surface area contributed by atoms with Crippen LogP contribution >= 0.6 is 0 Å². The minimum absolute atomic E-state index is 0. The van der Waals surface area contributed by atoms with E-state index in [0.717, 1.165) is 0 Å². The molecular weight excluding hydrogens is 273 g/mol. The Morgan fingerprint density at radius 3 is 1.60 bits per heavy atom. The Labute approximate surface area is 141 Å². The standard InChI is InChI=1S/C7H6O2.C6H15NO3.Na/c8-7(9)6-4-2-1-3-5-6;8-4-1-7(2-5-9)3-6-10;/h1-5H,(H,8,9);8-10H,1-6H2;/q;;+1/p-1. The molecule has 0 aliphatic carbocycles. The molecule has 0 spiro atoms. The first-order valence-corrected chi connectivity index (χ1v) is 5.97. The van der Waals surface area contributed by atoms with E-state index >= 15 is 0 Å². The number of aliphatic hydroxyl groups is 3. The topological polar surface area (TPSA) is 104 Å². The van der Waals surface area contributed by atoms with E-state index in [2.05, 4.69) is 0 Å². The Hall–Kier alpha value is -0.470. The van der Waals surface area contributed by atoms with E-state index in [4.69, 9.17) is 15.3 Å². The second-order valence-electron chi connectivity index (χ2n) is 3.67. The summed E-state index contributed by atoms with van der Waals surface area (Å²) in [5.41, 5.74) is 0.220. The van der Waals surface area contributed by atoms with Crippen molar-refractivity contribution >= 4 is 5.97 Å². The van der Waals surface area contributed by atoms with Crippen LogP contribution in [0.5, 0.6) is 0 Å². The molecule has 0 heterocycles. The van der Waals surface area contributed by atoms with E-state index in [1.54, 1.807) is 23.1 Å². The zero-order chi connectivity index (χ0) is 14.5. The predicted octanol–water partition coefficient (Wildman–Crippen LogP) is -4.68. The number of carboxylic acids is 1. The zero-order valence-corrected chi connectivity index (χ0v) is 13.7. The van der Waals surface area contributed by atoms with E-state index in [1.807, 2.05) is 0 Å². The van der Waals surface area contributed by atoms with Crippen molar-refractivity contribution in [2.24, 2.45) is 0 Å². The van der Waals surface area contributed by atoms with Crippen LogP contribution < -0.4 is 34.7 Å². The molecule has 0 amide bonds. The number of rotatable bonds is 7. The van der Waals surface area contributed by atoms with E-state index in [1.165, 1.54) is 12.1 Å². The summed E-state index contributed by atoms with van der Waals surface area (Å²) < 4.78 is 0. The monoisotopic (exact) mass is 293 g/mol. The van der Waals surface area contributed by atoms with Crippen molar-refractivity contribution in [2.45, 2.75) is 0 Å². The SMILES string of the molecule is O=C([O-])c1ccccc1.OCCN(CCO)CCO.[Na+]. The zero-order valence-electron chi connectivity index (χ0n) is 11.7. The van der Waals surface area contributed by atoms with Crippen molar-refractivity contribution in [3.63, 3.8) is 0 Å². The minimum atomic E-state index is -1.13. The molecule has 0 unspecified atom stereocenters. The second-order valence-corrected chi connectivity index (χ2v) is 3.67. The molecule has 20 heavy (non-hydrogen) atoms. The summed E-state index contributed by atoms with van der Waals surface area (Å²) in [5, 5.41) is 35.5. The molecule has 0 aliphatic rings. The van der Waals surface area contributed by atoms with Gasteiger partial charge in [-0.15, -0.1) is 0 Å². The minimum Gasteiger partial charge on any atom is -0.545 e. The van der Waals surface area contributed by atoms with E-state index in [0.29, 0.717) is 19.6 Å². The van der Waals surface area contributed by atoms with Crippen molar-refractivity contribution in [3.05, 3.63) is 35.9 Å². The van der Waals surface area contributed by atoms with Crippen molar-refractivity contribution in [1.82, 2.24) is 4.90 Å². The van der Waals surface area contributed by atoms with E-state index in [9.17, 15) is 9.90 Å². The van der Waals surface area contributed by atoms with Crippen LogP contribution in [0.15, 0.2) is 30.3 Å². The molecular formula is C13H20NNaO5. The van der Waals surface area contributed by atoms with Crippen LogP contribution in [0.2, 0.25) is 0 Å². The smallest absolute Gasteiger partial charge is 0.545 e. The first-order chi connectivity index (χ1) is 9.15. The molecule has 0 fully saturated rings. The van der Waals surface area contributed by atoms with Gasteiger partial charge in [-0.05, 0) is 5.56 Å². The summed E-state index contributed by atoms with van der Waals surface area (Å²) in [4.78, 5) is 11.9. The van der Waals surface area contributed by atoms with Gasteiger partial charge in [-0.2, -0.15) is 0 Å². The predicted molar refractivity (Wildman–Crippen MR) is 68.5 cm³/mol. The molecule has 7 heteroatoms. The van der Waals surface area contributed by atoms with Crippen LogP contribution in [0.3, 0.4) is 0 Å². The van der Waals surface area contributed by atoms with Gasteiger partial charge in [-0.3, -0.25) is 4.90 Å². The van der Waals surface area contributed by atoms with Gasteiger partial charge in [0.15, 0.2) is 0 Å². The molecule has 0 aromatic heterocycles. The summed E-state index contributed by atoms with van der Waals surface area (Å²) in [6, 6.07) is 8.06. The summed E-state index contributed by atoms with van der Waals surface area (Å²) in [7, 11) is 0. The molecule has 0 atom stereocenters. The molecule has 1 aromatic carbocycles. The Balaban J connectivity index is 0. The molecule has 108 valence electrons. The largest absolute Gasteiger partial charge is 1.00 e. The van der Waals surface area contributed by atoms with Gasteiger partial charge in [0.1, 0.15) is 0 Å². The maximum absolute atomic E-state index is 10.1. The summed E-state index contributed by atoms with van der Waals surface area (Å²) >= 11 is 0. The van der Waals surface area contributed by atoms with E-state index < -0.39 is 5.97 Å². The number of aliphatic hydroxyl groups excluding tert-OH is 3. The fourth-order valence-corrected chi connectivity index (χ4v) is 1.33. The van der Waals surface area contributed by atoms with Gasteiger partial charge >= 0.3 is 29.6 Å². The van der Waals surface area contributed by atoms with Gasteiger partial charge in [0.25, 0.3) is 0 Å². The third-order valence-corrected chi connectivity index (χ3v) is 2.26. The number of hydrogen-bond donors (Lipinski definition) is 3. The third kappa shape index (κ3) is 11.4. The number of carbonyl (C=O) groups excluding carboxylic acids is 1. The number of nitrogens with zero attached hydrogens (tertiary/aromatic N) is 1. The van der Waals surface area contributed by atoms with Crippen LogP contribution in [0.4, 0.5) is 0 Å². The Morgan fingerprint density at radius 2 is 1.35 bits per heavy atom. The average molecular weight is 293 g/mol. The number of carboxylic acid groups (broad SMARTS) is 1. The molecule has 3 N–H and O–H groups in total. The van der Waals surface area contributed by atoms with Crippen LogP contribution in [-0.2, 0) is 0 Å². The third-order valence-electron chi connectivity index (χ3n) is 2.26. The van der Waals surface area contributed by atoms with Crippen LogP contribution in [-0.4, -0.2) is 65.6 Å². The fourth-order valence-electron chi connectivity index (χ4n) is 1.33. The van der Waals surface area contributed by atoms with Gasteiger partial charge in [0.2, 0.25) is 0 Å². The maximum Gasteiger partial charge on any atom is 1.00 e.